The van der Waals surface area contributed by atoms with Crippen LogP contribution in [0.3, 0.4) is 0 Å². The second-order valence-corrected chi connectivity index (χ2v) is 2.77. The molecule has 5 nitrogen and oxygen atoms in total. The molecule has 0 fully saturated rings. The number of primary amides is 1. The lowest BCUT2D eigenvalue weighted by molar-refractivity contribution is -0.142. The topological polar surface area (TPSA) is 101 Å². The number of carboxylic acid groups (broad SMARTS) is 1. The minimum Gasteiger partial charge on any atom is -0.508 e. The van der Waals surface area contributed by atoms with E-state index in [0.29, 0.717) is 0 Å². The molecule has 0 aliphatic carbocycles. The third kappa shape index (κ3) is 2.01. The molecular formula is C9H9NO4. The first-order valence-electron chi connectivity index (χ1n) is 3.83. The summed E-state index contributed by atoms with van der Waals surface area (Å²) in [5.74, 6) is -3.59. The molecule has 5 heteroatoms. The van der Waals surface area contributed by atoms with Gasteiger partial charge in [-0.2, -0.15) is 0 Å². The summed E-state index contributed by atoms with van der Waals surface area (Å²) in [6.07, 6.45) is 0. The Hall–Kier alpha value is -2.04. The maximum atomic E-state index is 10.8. The highest BCUT2D eigenvalue weighted by molar-refractivity contribution is 6.01. The minimum absolute atomic E-state index is 0.00218. The monoisotopic (exact) mass is 195 g/mol. The van der Waals surface area contributed by atoms with Crippen molar-refractivity contribution in [1.82, 2.24) is 0 Å². The normalized spacial score (nSPS) is 12.0. The highest BCUT2D eigenvalue weighted by atomic mass is 16.4. The number of phenolic OH excluding ortho intramolecular Hbond substituents is 1. The first-order valence-corrected chi connectivity index (χ1v) is 3.83. The second kappa shape index (κ2) is 3.78. The molecule has 74 valence electrons. The molecular weight excluding hydrogens is 186 g/mol. The molecule has 1 aromatic rings. The van der Waals surface area contributed by atoms with Crippen molar-refractivity contribution in [2.45, 2.75) is 5.92 Å². The Labute approximate surface area is 79.8 Å². The number of phenols is 1. The van der Waals surface area contributed by atoms with Crippen LogP contribution < -0.4 is 5.73 Å². The number of aliphatic carboxylic acids is 1. The van der Waals surface area contributed by atoms with Crippen molar-refractivity contribution < 1.29 is 19.8 Å². The lowest BCUT2D eigenvalue weighted by Crippen LogP contribution is -2.27. The van der Waals surface area contributed by atoms with Gasteiger partial charge in [0.15, 0.2) is 5.92 Å². The van der Waals surface area contributed by atoms with Crippen molar-refractivity contribution >= 4 is 11.9 Å². The summed E-state index contributed by atoms with van der Waals surface area (Å²) in [5, 5.41) is 17.7. The summed E-state index contributed by atoms with van der Waals surface area (Å²) in [7, 11) is 0. The van der Waals surface area contributed by atoms with E-state index >= 15 is 0 Å². The van der Waals surface area contributed by atoms with Crippen LogP contribution in [0.2, 0.25) is 0 Å². The number of rotatable bonds is 3. The van der Waals surface area contributed by atoms with Crippen molar-refractivity contribution in [2.75, 3.05) is 0 Å². The van der Waals surface area contributed by atoms with Crippen LogP contribution in [0.5, 0.6) is 5.75 Å². The highest BCUT2D eigenvalue weighted by Crippen LogP contribution is 2.18. The molecule has 1 unspecified atom stereocenters. The van der Waals surface area contributed by atoms with E-state index < -0.39 is 17.8 Å². The maximum Gasteiger partial charge on any atom is 0.320 e. The fraction of sp³-hybridized carbons (Fsp3) is 0.111. The van der Waals surface area contributed by atoms with E-state index in [9.17, 15) is 9.59 Å². The van der Waals surface area contributed by atoms with Crippen molar-refractivity contribution in [3.8, 4) is 5.75 Å². The number of hydrogen-bond donors (Lipinski definition) is 3. The molecule has 0 aliphatic rings. The van der Waals surface area contributed by atoms with Crippen molar-refractivity contribution in [1.29, 1.82) is 0 Å². The molecule has 1 atom stereocenters. The molecule has 0 aliphatic heterocycles. The van der Waals surface area contributed by atoms with E-state index in [0.717, 1.165) is 0 Å². The van der Waals surface area contributed by atoms with Crippen molar-refractivity contribution in [3.05, 3.63) is 29.8 Å². The average molecular weight is 195 g/mol. The van der Waals surface area contributed by atoms with Crippen LogP contribution in [0, 0.1) is 0 Å². The number of nitrogens with two attached hydrogens (primary N) is 1. The Morgan fingerprint density at radius 3 is 2.07 bits per heavy atom. The van der Waals surface area contributed by atoms with E-state index in [1.807, 2.05) is 0 Å². The van der Waals surface area contributed by atoms with Gasteiger partial charge in [0.1, 0.15) is 5.75 Å². The SMILES string of the molecule is NC(=O)C(C(=O)O)c1ccc(O)cc1. The molecule has 1 amide bonds. The van der Waals surface area contributed by atoms with Crippen LogP contribution in [0.15, 0.2) is 24.3 Å². The summed E-state index contributed by atoms with van der Waals surface area (Å²) in [6, 6.07) is 5.29. The summed E-state index contributed by atoms with van der Waals surface area (Å²) in [6.45, 7) is 0. The molecule has 0 bridgehead atoms. The van der Waals surface area contributed by atoms with Gasteiger partial charge in [-0.3, -0.25) is 9.59 Å². The van der Waals surface area contributed by atoms with E-state index in [1.54, 1.807) is 0 Å². The zero-order chi connectivity index (χ0) is 10.7. The van der Waals surface area contributed by atoms with E-state index in [1.165, 1.54) is 24.3 Å². The summed E-state index contributed by atoms with van der Waals surface area (Å²) < 4.78 is 0. The predicted molar refractivity (Wildman–Crippen MR) is 47.7 cm³/mol. The van der Waals surface area contributed by atoms with E-state index in [-0.39, 0.29) is 11.3 Å². The van der Waals surface area contributed by atoms with Gasteiger partial charge in [-0.1, -0.05) is 12.1 Å². The summed E-state index contributed by atoms with van der Waals surface area (Å²) in [4.78, 5) is 21.5. The van der Waals surface area contributed by atoms with Crippen molar-refractivity contribution in [3.63, 3.8) is 0 Å². The lowest BCUT2D eigenvalue weighted by atomic mass is 9.99. The Bertz CT molecular complexity index is 344. The number of hydrogen-bond acceptors (Lipinski definition) is 3. The minimum atomic E-state index is -1.37. The number of benzene rings is 1. The van der Waals surface area contributed by atoms with Crippen molar-refractivity contribution in [2.24, 2.45) is 5.73 Å². The molecule has 14 heavy (non-hydrogen) atoms. The van der Waals surface area contributed by atoms with Crippen LogP contribution in [-0.4, -0.2) is 22.1 Å². The first-order chi connectivity index (χ1) is 6.52. The third-order valence-corrected chi connectivity index (χ3v) is 1.76. The third-order valence-electron chi connectivity index (χ3n) is 1.76. The van der Waals surface area contributed by atoms with Gasteiger partial charge in [0, 0.05) is 0 Å². The fourth-order valence-corrected chi connectivity index (χ4v) is 1.10. The molecule has 0 heterocycles. The zero-order valence-corrected chi connectivity index (χ0v) is 7.18. The Morgan fingerprint density at radius 2 is 1.71 bits per heavy atom. The van der Waals surface area contributed by atoms with Crippen LogP contribution in [-0.2, 0) is 9.59 Å². The van der Waals surface area contributed by atoms with Crippen LogP contribution in [0.4, 0.5) is 0 Å². The quantitative estimate of drug-likeness (QED) is 0.593. The van der Waals surface area contributed by atoms with Gasteiger partial charge in [-0.15, -0.1) is 0 Å². The predicted octanol–water partition coefficient (Wildman–Crippen LogP) is 0.0457. The van der Waals surface area contributed by atoms with Gasteiger partial charge in [0.25, 0.3) is 0 Å². The van der Waals surface area contributed by atoms with Crippen LogP contribution in [0.1, 0.15) is 11.5 Å². The van der Waals surface area contributed by atoms with Gasteiger partial charge in [-0.05, 0) is 17.7 Å². The van der Waals surface area contributed by atoms with Crippen LogP contribution >= 0.6 is 0 Å². The summed E-state index contributed by atoms with van der Waals surface area (Å²) >= 11 is 0. The number of carboxylic acids is 1. The fourth-order valence-electron chi connectivity index (χ4n) is 1.10. The second-order valence-electron chi connectivity index (χ2n) is 2.77. The Balaban J connectivity index is 3.06. The number of amides is 1. The molecule has 0 radical (unpaired) electrons. The zero-order valence-electron chi connectivity index (χ0n) is 7.18. The van der Waals surface area contributed by atoms with Crippen LogP contribution in [0.25, 0.3) is 0 Å². The molecule has 1 rings (SSSR count). The first kappa shape index (κ1) is 10.0. The largest absolute Gasteiger partial charge is 0.508 e. The lowest BCUT2D eigenvalue weighted by Gasteiger charge is -2.07. The van der Waals surface area contributed by atoms with Gasteiger partial charge >= 0.3 is 5.97 Å². The van der Waals surface area contributed by atoms with E-state index in [4.69, 9.17) is 15.9 Å². The molecule has 0 aromatic heterocycles. The molecule has 0 saturated heterocycles. The average Bonchev–Trinajstić information content (AvgIpc) is 2.07. The highest BCUT2D eigenvalue weighted by Gasteiger charge is 2.25. The van der Waals surface area contributed by atoms with E-state index in [2.05, 4.69) is 0 Å². The number of carbonyl (C=O) groups is 2. The van der Waals surface area contributed by atoms with Gasteiger partial charge < -0.3 is 15.9 Å². The Kier molecular flexibility index (Phi) is 2.71. The Morgan fingerprint density at radius 1 is 1.21 bits per heavy atom. The molecule has 0 spiro atoms. The maximum absolute atomic E-state index is 10.8. The standard InChI is InChI=1S/C9H9NO4/c10-8(12)7(9(13)14)5-1-3-6(11)4-2-5/h1-4,7,11H,(H2,10,12)(H,13,14). The summed E-state index contributed by atoms with van der Waals surface area (Å²) in [5.41, 5.74) is 5.18. The molecule has 1 aromatic carbocycles. The smallest absolute Gasteiger partial charge is 0.320 e. The number of aromatic hydroxyl groups is 1. The van der Waals surface area contributed by atoms with Gasteiger partial charge in [0.05, 0.1) is 0 Å². The van der Waals surface area contributed by atoms with Gasteiger partial charge in [-0.25, -0.2) is 0 Å². The van der Waals surface area contributed by atoms with Gasteiger partial charge in [0.2, 0.25) is 5.91 Å². The molecule has 0 saturated carbocycles. The molecule has 4 N–H and O–H groups in total. The number of carbonyl (C=O) groups excluding carboxylic acids is 1.